The van der Waals surface area contributed by atoms with E-state index >= 15 is 0 Å². The standard InChI is InChI=1S/C8H18FN/c1-7(4-3-5-9)6-8(2)10/h7-8H,3-6,10H2,1-2H3. The molecule has 0 aliphatic heterocycles. The van der Waals surface area contributed by atoms with Crippen molar-refractivity contribution in [2.75, 3.05) is 6.67 Å². The largest absolute Gasteiger partial charge is 0.328 e. The molecule has 10 heavy (non-hydrogen) atoms. The van der Waals surface area contributed by atoms with E-state index in [0.29, 0.717) is 12.3 Å². The fourth-order valence-electron chi connectivity index (χ4n) is 1.18. The molecule has 1 nitrogen and oxygen atoms in total. The molecule has 0 radical (unpaired) electrons. The van der Waals surface area contributed by atoms with Crippen LogP contribution in [0.25, 0.3) is 0 Å². The molecule has 0 saturated carbocycles. The first-order valence-electron chi connectivity index (χ1n) is 3.98. The van der Waals surface area contributed by atoms with E-state index in [1.54, 1.807) is 0 Å². The Kier molecular flexibility index (Phi) is 5.60. The maximum absolute atomic E-state index is 11.7. The van der Waals surface area contributed by atoms with E-state index in [1.165, 1.54) is 0 Å². The van der Waals surface area contributed by atoms with Crippen LogP contribution in [0.5, 0.6) is 0 Å². The first-order chi connectivity index (χ1) is 4.66. The lowest BCUT2D eigenvalue weighted by molar-refractivity contribution is 0.390. The van der Waals surface area contributed by atoms with Gasteiger partial charge in [-0.15, -0.1) is 0 Å². The maximum atomic E-state index is 11.7. The van der Waals surface area contributed by atoms with E-state index in [9.17, 15) is 4.39 Å². The van der Waals surface area contributed by atoms with Crippen molar-refractivity contribution in [3.8, 4) is 0 Å². The SMILES string of the molecule is CC(N)CC(C)CCCF. The van der Waals surface area contributed by atoms with E-state index in [0.717, 1.165) is 12.8 Å². The number of halogens is 1. The molecule has 0 saturated heterocycles. The lowest BCUT2D eigenvalue weighted by atomic mass is 9.98. The predicted molar refractivity (Wildman–Crippen MR) is 42.6 cm³/mol. The minimum absolute atomic E-state index is 0.191. The zero-order valence-electron chi connectivity index (χ0n) is 6.94. The molecule has 0 heterocycles. The Morgan fingerprint density at radius 3 is 2.40 bits per heavy atom. The van der Waals surface area contributed by atoms with Crippen molar-refractivity contribution >= 4 is 0 Å². The van der Waals surface area contributed by atoms with E-state index in [4.69, 9.17) is 5.73 Å². The van der Waals surface area contributed by atoms with Gasteiger partial charge in [0.25, 0.3) is 0 Å². The van der Waals surface area contributed by atoms with E-state index in [2.05, 4.69) is 6.92 Å². The fourth-order valence-corrected chi connectivity index (χ4v) is 1.18. The summed E-state index contributed by atoms with van der Waals surface area (Å²) in [5.41, 5.74) is 5.57. The molecule has 2 unspecified atom stereocenters. The van der Waals surface area contributed by atoms with Gasteiger partial charge in [-0.1, -0.05) is 6.92 Å². The zero-order valence-corrected chi connectivity index (χ0v) is 6.94. The molecular weight excluding hydrogens is 129 g/mol. The van der Waals surface area contributed by atoms with Crippen LogP contribution in [0.4, 0.5) is 4.39 Å². The van der Waals surface area contributed by atoms with Crippen LogP contribution in [0.15, 0.2) is 0 Å². The molecule has 0 aromatic heterocycles. The lowest BCUT2D eigenvalue weighted by Gasteiger charge is -2.11. The Balaban J connectivity index is 3.16. The van der Waals surface area contributed by atoms with Gasteiger partial charge in [0, 0.05) is 6.04 Å². The number of hydrogen-bond donors (Lipinski definition) is 1. The molecule has 2 heteroatoms. The number of nitrogens with two attached hydrogens (primary N) is 1. The highest BCUT2D eigenvalue weighted by Gasteiger charge is 2.03. The summed E-state index contributed by atoms with van der Waals surface area (Å²) in [6.07, 6.45) is 2.67. The molecule has 62 valence electrons. The quantitative estimate of drug-likeness (QED) is 0.633. The molecule has 0 bridgehead atoms. The summed E-state index contributed by atoms with van der Waals surface area (Å²) in [6, 6.07) is 0.259. The van der Waals surface area contributed by atoms with Gasteiger partial charge in [-0.25, -0.2) is 0 Å². The highest BCUT2D eigenvalue weighted by molar-refractivity contribution is 4.60. The van der Waals surface area contributed by atoms with Crippen LogP contribution in [0.2, 0.25) is 0 Å². The molecule has 0 fully saturated rings. The van der Waals surface area contributed by atoms with Crippen LogP contribution < -0.4 is 5.73 Å². The first-order valence-corrected chi connectivity index (χ1v) is 3.98. The van der Waals surface area contributed by atoms with E-state index < -0.39 is 0 Å². The monoisotopic (exact) mass is 147 g/mol. The molecular formula is C8H18FN. The third-order valence-electron chi connectivity index (χ3n) is 1.60. The van der Waals surface area contributed by atoms with Gasteiger partial charge in [0.05, 0.1) is 6.67 Å². The van der Waals surface area contributed by atoms with E-state index in [-0.39, 0.29) is 12.7 Å². The molecule has 0 aliphatic carbocycles. The third kappa shape index (κ3) is 6.02. The molecule has 0 spiro atoms. The first kappa shape index (κ1) is 9.89. The summed E-state index contributed by atoms with van der Waals surface area (Å²) in [5.74, 6) is 0.579. The smallest absolute Gasteiger partial charge is 0.0894 e. The van der Waals surface area contributed by atoms with Gasteiger partial charge >= 0.3 is 0 Å². The van der Waals surface area contributed by atoms with Gasteiger partial charge in [-0.3, -0.25) is 4.39 Å². The Morgan fingerprint density at radius 1 is 1.40 bits per heavy atom. The molecule has 0 aromatic carbocycles. The van der Waals surface area contributed by atoms with Gasteiger partial charge in [0.2, 0.25) is 0 Å². The second-order valence-corrected chi connectivity index (χ2v) is 3.15. The zero-order chi connectivity index (χ0) is 7.98. The van der Waals surface area contributed by atoms with Gasteiger partial charge in [-0.05, 0) is 32.1 Å². The van der Waals surface area contributed by atoms with Crippen molar-refractivity contribution in [1.82, 2.24) is 0 Å². The van der Waals surface area contributed by atoms with Crippen molar-refractivity contribution in [3.05, 3.63) is 0 Å². The molecule has 2 N–H and O–H groups in total. The third-order valence-corrected chi connectivity index (χ3v) is 1.60. The average molecular weight is 147 g/mol. The summed E-state index contributed by atoms with van der Waals surface area (Å²) < 4.78 is 11.7. The van der Waals surface area contributed by atoms with Gasteiger partial charge in [0.1, 0.15) is 0 Å². The van der Waals surface area contributed by atoms with Crippen LogP contribution >= 0.6 is 0 Å². The molecule has 0 aromatic rings. The Labute approximate surface area is 62.8 Å². The predicted octanol–water partition coefficient (Wildman–Crippen LogP) is 2.11. The summed E-state index contributed by atoms with van der Waals surface area (Å²) in [5, 5.41) is 0. The Hall–Kier alpha value is -0.110. The summed E-state index contributed by atoms with van der Waals surface area (Å²) in [7, 11) is 0. The van der Waals surface area contributed by atoms with Crippen LogP contribution in [0.3, 0.4) is 0 Å². The number of hydrogen-bond acceptors (Lipinski definition) is 1. The fraction of sp³-hybridized carbons (Fsp3) is 1.00. The number of rotatable bonds is 5. The summed E-state index contributed by atoms with van der Waals surface area (Å²) >= 11 is 0. The topological polar surface area (TPSA) is 26.0 Å². The molecule has 2 atom stereocenters. The van der Waals surface area contributed by atoms with Crippen molar-refractivity contribution < 1.29 is 4.39 Å². The van der Waals surface area contributed by atoms with Gasteiger partial charge < -0.3 is 5.73 Å². The Morgan fingerprint density at radius 2 is 2.00 bits per heavy atom. The van der Waals surface area contributed by atoms with Crippen LogP contribution in [-0.2, 0) is 0 Å². The van der Waals surface area contributed by atoms with Crippen molar-refractivity contribution in [2.24, 2.45) is 11.7 Å². The highest BCUT2D eigenvalue weighted by Crippen LogP contribution is 2.11. The minimum Gasteiger partial charge on any atom is -0.328 e. The van der Waals surface area contributed by atoms with Crippen molar-refractivity contribution in [2.45, 2.75) is 39.2 Å². The summed E-state index contributed by atoms with van der Waals surface area (Å²) in [6.45, 7) is 3.92. The molecule has 0 aliphatic rings. The van der Waals surface area contributed by atoms with Crippen LogP contribution in [-0.4, -0.2) is 12.7 Å². The number of alkyl halides is 1. The van der Waals surface area contributed by atoms with E-state index in [1.807, 2.05) is 6.92 Å². The molecule has 0 amide bonds. The second-order valence-electron chi connectivity index (χ2n) is 3.15. The summed E-state index contributed by atoms with van der Waals surface area (Å²) in [4.78, 5) is 0. The maximum Gasteiger partial charge on any atom is 0.0894 e. The lowest BCUT2D eigenvalue weighted by Crippen LogP contribution is -2.18. The highest BCUT2D eigenvalue weighted by atomic mass is 19.1. The van der Waals surface area contributed by atoms with Crippen molar-refractivity contribution in [1.29, 1.82) is 0 Å². The van der Waals surface area contributed by atoms with Crippen LogP contribution in [0.1, 0.15) is 33.1 Å². The van der Waals surface area contributed by atoms with Gasteiger partial charge in [-0.2, -0.15) is 0 Å². The minimum atomic E-state index is -0.191. The van der Waals surface area contributed by atoms with Crippen molar-refractivity contribution in [3.63, 3.8) is 0 Å². The normalized spacial score (nSPS) is 16.8. The second kappa shape index (κ2) is 5.66. The van der Waals surface area contributed by atoms with Gasteiger partial charge in [0.15, 0.2) is 0 Å². The molecule has 0 rings (SSSR count). The van der Waals surface area contributed by atoms with Crippen LogP contribution in [0, 0.1) is 5.92 Å². The Bertz CT molecular complexity index is 73.7. The average Bonchev–Trinajstić information content (AvgIpc) is 1.82.